The molecule has 2 aliphatic carbocycles. The zero-order valence-corrected chi connectivity index (χ0v) is 34.4. The van der Waals surface area contributed by atoms with E-state index in [2.05, 4.69) is 231 Å². The molecule has 0 N–H and O–H groups in total. The number of rotatable bonds is 6. The van der Waals surface area contributed by atoms with Crippen molar-refractivity contribution >= 4 is 48.6 Å². The molecule has 0 fully saturated rings. The number of thiophene rings is 1. The summed E-state index contributed by atoms with van der Waals surface area (Å²) in [7, 11) is 0. The van der Waals surface area contributed by atoms with Gasteiger partial charge < -0.3 is 4.90 Å². The predicted octanol–water partition coefficient (Wildman–Crippen LogP) is 15.9. The lowest BCUT2D eigenvalue weighted by atomic mass is 9.74. The molecule has 0 aliphatic heterocycles. The van der Waals surface area contributed by atoms with E-state index in [1.807, 2.05) is 11.3 Å². The predicted molar refractivity (Wildman–Crippen MR) is 254 cm³/mol. The molecule has 0 radical (unpaired) electrons. The first-order valence-corrected chi connectivity index (χ1v) is 21.7. The average molecular weight is 784 g/mol. The quantitative estimate of drug-likeness (QED) is 0.162. The van der Waals surface area contributed by atoms with Gasteiger partial charge in [-0.3, -0.25) is 0 Å². The number of anilines is 3. The van der Waals surface area contributed by atoms with Gasteiger partial charge in [0, 0.05) is 48.1 Å². The molecule has 1 aromatic heterocycles. The molecule has 0 spiro atoms. The summed E-state index contributed by atoms with van der Waals surface area (Å²) in [6.07, 6.45) is 0. The van der Waals surface area contributed by atoms with Crippen molar-refractivity contribution in [2.45, 2.75) is 24.7 Å². The van der Waals surface area contributed by atoms with Crippen molar-refractivity contribution in [1.29, 1.82) is 0 Å². The molecule has 2 heteroatoms. The maximum Gasteiger partial charge on any atom is 0.0465 e. The van der Waals surface area contributed by atoms with Crippen molar-refractivity contribution in [2.24, 2.45) is 0 Å². The van der Waals surface area contributed by atoms with Gasteiger partial charge in [-0.2, -0.15) is 0 Å². The summed E-state index contributed by atoms with van der Waals surface area (Å²) >= 11 is 1.89. The monoisotopic (exact) mass is 783 g/mol. The van der Waals surface area contributed by atoms with Gasteiger partial charge in [-0.15, -0.1) is 11.3 Å². The third-order valence-corrected chi connectivity index (χ3v) is 14.9. The normalized spacial score (nSPS) is 17.3. The lowest BCUT2D eigenvalue weighted by Crippen LogP contribution is -2.23. The fraction of sp³-hybridized carbons (Fsp3) is 0.0690. The van der Waals surface area contributed by atoms with E-state index in [0.717, 1.165) is 17.1 Å². The van der Waals surface area contributed by atoms with E-state index in [1.165, 1.54) is 86.9 Å². The maximum atomic E-state index is 2.48. The van der Waals surface area contributed by atoms with E-state index >= 15 is 0 Å². The Bertz CT molecular complexity index is 3140. The van der Waals surface area contributed by atoms with E-state index < -0.39 is 0 Å². The van der Waals surface area contributed by atoms with Crippen LogP contribution in [0.2, 0.25) is 0 Å². The SMILES string of the molecule is CC1(c2ccccc2)c2ccccc2-c2ccc(N(c3ccc(-c4cccc5c4sc4ccccc45)cc3)c3ccc4c(c3)C(C)(c3ccccc3)c3ccccc3-4)cc21. The van der Waals surface area contributed by atoms with Gasteiger partial charge in [0.15, 0.2) is 0 Å². The summed E-state index contributed by atoms with van der Waals surface area (Å²) in [6.45, 7) is 4.81. The van der Waals surface area contributed by atoms with Gasteiger partial charge in [0.1, 0.15) is 0 Å². The van der Waals surface area contributed by atoms with Gasteiger partial charge in [0.05, 0.1) is 0 Å². The Morgan fingerprint density at radius 3 is 1.38 bits per heavy atom. The van der Waals surface area contributed by atoms with Crippen molar-refractivity contribution in [2.75, 3.05) is 4.90 Å². The molecule has 10 aromatic rings. The van der Waals surface area contributed by atoms with Crippen LogP contribution in [-0.4, -0.2) is 0 Å². The minimum absolute atomic E-state index is 0.312. The van der Waals surface area contributed by atoms with Gasteiger partial charge in [-0.1, -0.05) is 170 Å². The van der Waals surface area contributed by atoms with Crippen molar-refractivity contribution in [3.63, 3.8) is 0 Å². The molecular formula is C58H41NS. The third-order valence-electron chi connectivity index (χ3n) is 13.7. The van der Waals surface area contributed by atoms with Crippen LogP contribution in [0.15, 0.2) is 212 Å². The maximum absolute atomic E-state index is 2.48. The summed E-state index contributed by atoms with van der Waals surface area (Å²) in [5.74, 6) is 0. The Hall–Kier alpha value is -7.00. The summed E-state index contributed by atoms with van der Waals surface area (Å²) in [4.78, 5) is 2.48. The molecule has 0 bridgehead atoms. The molecule has 0 amide bonds. The fourth-order valence-corrected chi connectivity index (χ4v) is 11.9. The lowest BCUT2D eigenvalue weighted by molar-refractivity contribution is 0.713. The standard InChI is InChI=1S/C58H41NS/c1-57(39-16-5-3-6-17-39)51-25-12-9-20-45(51)47-34-32-42(36-53(47)57)59(41-30-28-38(29-31-41)44-23-15-24-50-49-22-11-14-27-55(49)60-56(44)50)43-33-35-48-46-21-10-13-26-52(46)58(2,54(48)37-43)40-18-7-4-8-19-40/h3-37H,1-2H3. The van der Waals surface area contributed by atoms with E-state index in [-0.39, 0.29) is 10.8 Å². The molecule has 9 aromatic carbocycles. The number of hydrogen-bond donors (Lipinski definition) is 0. The van der Waals surface area contributed by atoms with Crippen molar-refractivity contribution in [3.05, 3.63) is 246 Å². The summed E-state index contributed by atoms with van der Waals surface area (Å²) in [6, 6.07) is 79.1. The second-order valence-electron chi connectivity index (χ2n) is 16.7. The molecule has 284 valence electrons. The van der Waals surface area contributed by atoms with Gasteiger partial charge >= 0.3 is 0 Å². The number of benzene rings is 9. The van der Waals surface area contributed by atoms with Gasteiger partial charge in [-0.25, -0.2) is 0 Å². The van der Waals surface area contributed by atoms with E-state index in [9.17, 15) is 0 Å². The molecule has 0 saturated heterocycles. The Balaban J connectivity index is 1.06. The van der Waals surface area contributed by atoms with Crippen molar-refractivity contribution in [1.82, 2.24) is 0 Å². The molecular weight excluding hydrogens is 743 g/mol. The third kappa shape index (κ3) is 4.98. The first-order valence-electron chi connectivity index (χ1n) is 20.9. The van der Waals surface area contributed by atoms with Gasteiger partial charge in [-0.05, 0) is 123 Å². The van der Waals surface area contributed by atoms with Crippen LogP contribution in [0, 0.1) is 0 Å². The minimum atomic E-state index is -0.312. The van der Waals surface area contributed by atoms with Gasteiger partial charge in [0.25, 0.3) is 0 Å². The molecule has 1 nitrogen and oxygen atoms in total. The smallest absolute Gasteiger partial charge is 0.0465 e. The minimum Gasteiger partial charge on any atom is -0.310 e. The molecule has 12 rings (SSSR count). The highest BCUT2D eigenvalue weighted by Gasteiger charge is 2.43. The Morgan fingerprint density at radius 1 is 0.350 bits per heavy atom. The van der Waals surface area contributed by atoms with E-state index in [1.54, 1.807) is 0 Å². The summed E-state index contributed by atoms with van der Waals surface area (Å²) in [5, 5.41) is 2.64. The first kappa shape index (κ1) is 35.0. The molecule has 0 saturated carbocycles. The largest absolute Gasteiger partial charge is 0.310 e. The van der Waals surface area contributed by atoms with Crippen molar-refractivity contribution in [3.8, 4) is 33.4 Å². The summed E-state index contributed by atoms with van der Waals surface area (Å²) < 4.78 is 2.66. The summed E-state index contributed by atoms with van der Waals surface area (Å²) in [5.41, 5.74) is 18.4. The Kier molecular flexibility index (Phi) is 7.73. The van der Waals surface area contributed by atoms with Gasteiger partial charge in [0.2, 0.25) is 0 Å². The zero-order chi connectivity index (χ0) is 40.0. The second-order valence-corrected chi connectivity index (χ2v) is 17.7. The Labute approximate surface area is 355 Å². The molecule has 2 unspecified atom stereocenters. The van der Waals surface area contributed by atoms with Crippen molar-refractivity contribution < 1.29 is 0 Å². The first-order chi connectivity index (χ1) is 29.5. The topological polar surface area (TPSA) is 3.24 Å². The Morgan fingerprint density at radius 2 is 0.800 bits per heavy atom. The zero-order valence-electron chi connectivity index (χ0n) is 33.6. The highest BCUT2D eigenvalue weighted by Crippen LogP contribution is 2.56. The molecule has 2 aliphatic rings. The van der Waals surface area contributed by atoms with Crippen LogP contribution in [-0.2, 0) is 10.8 Å². The lowest BCUT2D eigenvalue weighted by Gasteiger charge is -2.32. The molecule has 1 heterocycles. The van der Waals surface area contributed by atoms with Crippen LogP contribution in [0.4, 0.5) is 17.1 Å². The highest BCUT2D eigenvalue weighted by molar-refractivity contribution is 7.26. The number of nitrogens with zero attached hydrogens (tertiary/aromatic N) is 1. The highest BCUT2D eigenvalue weighted by atomic mass is 32.1. The molecule has 2 atom stereocenters. The van der Waals surface area contributed by atoms with Crippen LogP contribution in [0.5, 0.6) is 0 Å². The number of fused-ring (bicyclic) bond motifs is 9. The fourth-order valence-electron chi connectivity index (χ4n) is 10.6. The van der Waals surface area contributed by atoms with Crippen LogP contribution in [0.25, 0.3) is 53.6 Å². The van der Waals surface area contributed by atoms with Crippen LogP contribution in [0.3, 0.4) is 0 Å². The van der Waals surface area contributed by atoms with Crippen LogP contribution < -0.4 is 4.90 Å². The second kappa shape index (κ2) is 13.3. The number of hydrogen-bond acceptors (Lipinski definition) is 2. The van der Waals surface area contributed by atoms with E-state index in [4.69, 9.17) is 0 Å². The van der Waals surface area contributed by atoms with E-state index in [0.29, 0.717) is 0 Å². The van der Waals surface area contributed by atoms with Crippen LogP contribution in [0.1, 0.15) is 47.2 Å². The molecule has 60 heavy (non-hydrogen) atoms. The van der Waals surface area contributed by atoms with Crippen LogP contribution >= 0.6 is 11.3 Å². The average Bonchev–Trinajstić information content (AvgIpc) is 3.92.